The van der Waals surface area contributed by atoms with E-state index in [9.17, 15) is 4.79 Å². The van der Waals surface area contributed by atoms with Gasteiger partial charge in [0, 0.05) is 21.8 Å². The summed E-state index contributed by atoms with van der Waals surface area (Å²) in [6.07, 6.45) is 1.66. The summed E-state index contributed by atoms with van der Waals surface area (Å²) in [6.45, 7) is 3.99. The van der Waals surface area contributed by atoms with Crippen LogP contribution in [-0.4, -0.2) is 20.5 Å². The van der Waals surface area contributed by atoms with Crippen molar-refractivity contribution in [2.45, 2.75) is 26.3 Å². The van der Waals surface area contributed by atoms with E-state index in [1.165, 1.54) is 6.33 Å². The summed E-state index contributed by atoms with van der Waals surface area (Å²) in [5, 5.41) is 4.11. The Balaban J connectivity index is 2.23. The van der Waals surface area contributed by atoms with Gasteiger partial charge in [0.05, 0.1) is 6.42 Å². The van der Waals surface area contributed by atoms with Crippen LogP contribution in [-0.2, 0) is 6.42 Å². The molecule has 0 amide bonds. The number of halogens is 1. The highest BCUT2D eigenvalue weighted by Crippen LogP contribution is 2.20. The maximum atomic E-state index is 12.2. The number of rotatable bonds is 4. The molecule has 0 spiro atoms. The van der Waals surface area contributed by atoms with Crippen molar-refractivity contribution in [1.29, 1.82) is 0 Å². The van der Waals surface area contributed by atoms with Gasteiger partial charge in [-0.15, -0.1) is 0 Å². The molecule has 0 fully saturated rings. The number of hydrogen-bond donors (Lipinski definition) is 1. The third-order valence-corrected chi connectivity index (χ3v) is 3.26. The average molecular weight is 323 g/mol. The van der Waals surface area contributed by atoms with Gasteiger partial charge in [-0.05, 0) is 32.0 Å². The number of anilines is 1. The second-order valence-corrected chi connectivity index (χ2v) is 5.46. The van der Waals surface area contributed by atoms with Gasteiger partial charge in [-0.3, -0.25) is 4.79 Å². The molecule has 2 N–H and O–H groups in total. The number of carbonyl (C=O) groups excluding carboxylic acids is 1. The Hall–Kier alpha value is -1.69. The van der Waals surface area contributed by atoms with Gasteiger partial charge in [0.15, 0.2) is 5.78 Å². The molecule has 0 aliphatic carbocycles. The standard InChI is InChI=1S/C13H15BrN4O/c1-8(2)18-13(16-7-17-18)6-12(19)10-4-3-9(14)5-11(10)15/h3-5,7-8H,6,15H2,1-2H3. The van der Waals surface area contributed by atoms with Crippen molar-refractivity contribution in [2.24, 2.45) is 0 Å². The quantitative estimate of drug-likeness (QED) is 0.693. The van der Waals surface area contributed by atoms with E-state index in [0.717, 1.165) is 4.47 Å². The van der Waals surface area contributed by atoms with Gasteiger partial charge in [-0.2, -0.15) is 5.10 Å². The zero-order chi connectivity index (χ0) is 14.0. The van der Waals surface area contributed by atoms with Crippen molar-refractivity contribution in [2.75, 3.05) is 5.73 Å². The van der Waals surface area contributed by atoms with Gasteiger partial charge in [0.2, 0.25) is 0 Å². The minimum absolute atomic E-state index is 0.0556. The first-order chi connectivity index (χ1) is 8.99. The lowest BCUT2D eigenvalue weighted by atomic mass is 10.1. The maximum absolute atomic E-state index is 12.2. The van der Waals surface area contributed by atoms with Gasteiger partial charge < -0.3 is 5.73 Å². The van der Waals surface area contributed by atoms with Crippen LogP contribution >= 0.6 is 15.9 Å². The maximum Gasteiger partial charge on any atom is 0.172 e. The monoisotopic (exact) mass is 322 g/mol. The van der Waals surface area contributed by atoms with Crippen LogP contribution in [0.3, 0.4) is 0 Å². The molecule has 0 atom stereocenters. The second kappa shape index (κ2) is 5.52. The summed E-state index contributed by atoms with van der Waals surface area (Å²) in [5.41, 5.74) is 6.84. The van der Waals surface area contributed by atoms with Crippen molar-refractivity contribution in [3.8, 4) is 0 Å². The first-order valence-electron chi connectivity index (χ1n) is 5.95. The van der Waals surface area contributed by atoms with Crippen LogP contribution in [0, 0.1) is 0 Å². The SMILES string of the molecule is CC(C)n1ncnc1CC(=O)c1ccc(Br)cc1N. The molecule has 0 saturated carbocycles. The van der Waals surface area contributed by atoms with E-state index in [1.807, 2.05) is 13.8 Å². The summed E-state index contributed by atoms with van der Waals surface area (Å²) in [4.78, 5) is 16.4. The Morgan fingerprint density at radius 1 is 1.47 bits per heavy atom. The molecule has 0 aliphatic heterocycles. The molecule has 1 aromatic carbocycles. The molecule has 1 heterocycles. The molecule has 2 aromatic rings. The second-order valence-electron chi connectivity index (χ2n) is 4.55. The van der Waals surface area contributed by atoms with Crippen molar-refractivity contribution >= 4 is 27.4 Å². The highest BCUT2D eigenvalue weighted by Gasteiger charge is 2.15. The molecule has 0 radical (unpaired) electrons. The Kier molecular flexibility index (Phi) is 3.99. The van der Waals surface area contributed by atoms with Crippen LogP contribution in [0.15, 0.2) is 29.0 Å². The van der Waals surface area contributed by atoms with Crippen LogP contribution in [0.5, 0.6) is 0 Å². The molecule has 0 bridgehead atoms. The number of nitrogens with zero attached hydrogens (tertiary/aromatic N) is 3. The van der Waals surface area contributed by atoms with Gasteiger partial charge in [-0.1, -0.05) is 15.9 Å². The number of nitrogens with two attached hydrogens (primary N) is 1. The van der Waals surface area contributed by atoms with Gasteiger partial charge in [0.1, 0.15) is 12.2 Å². The molecule has 19 heavy (non-hydrogen) atoms. The van der Waals surface area contributed by atoms with E-state index in [1.54, 1.807) is 22.9 Å². The number of hydrogen-bond acceptors (Lipinski definition) is 4. The van der Waals surface area contributed by atoms with Crippen LogP contribution in [0.1, 0.15) is 36.1 Å². The van der Waals surface area contributed by atoms with Gasteiger partial charge in [-0.25, -0.2) is 9.67 Å². The Bertz CT molecular complexity index is 606. The number of benzene rings is 1. The molecule has 0 aliphatic rings. The van der Waals surface area contributed by atoms with E-state index >= 15 is 0 Å². The molecule has 5 nitrogen and oxygen atoms in total. The average Bonchev–Trinajstić information content (AvgIpc) is 2.76. The number of carbonyl (C=O) groups is 1. The first-order valence-corrected chi connectivity index (χ1v) is 6.75. The van der Waals surface area contributed by atoms with Crippen LogP contribution in [0.2, 0.25) is 0 Å². The lowest BCUT2D eigenvalue weighted by molar-refractivity contribution is 0.0990. The molecular formula is C13H15BrN4O. The fourth-order valence-corrected chi connectivity index (χ4v) is 2.24. The fourth-order valence-electron chi connectivity index (χ4n) is 1.86. The van der Waals surface area contributed by atoms with Crippen LogP contribution < -0.4 is 5.73 Å². The molecule has 0 saturated heterocycles. The number of nitrogen functional groups attached to an aromatic ring is 1. The van der Waals surface area contributed by atoms with Crippen LogP contribution in [0.25, 0.3) is 0 Å². The summed E-state index contributed by atoms with van der Waals surface area (Å²) in [6, 6.07) is 5.42. The zero-order valence-corrected chi connectivity index (χ0v) is 12.4. The minimum Gasteiger partial charge on any atom is -0.398 e. The predicted molar refractivity (Wildman–Crippen MR) is 77.0 cm³/mol. The predicted octanol–water partition coefficient (Wildman–Crippen LogP) is 2.63. The number of Topliss-reactive ketones (excluding diaryl/α,β-unsaturated/α-hetero) is 1. The summed E-state index contributed by atoms with van der Waals surface area (Å²) in [7, 11) is 0. The molecular weight excluding hydrogens is 308 g/mol. The number of ketones is 1. The van der Waals surface area contributed by atoms with E-state index in [0.29, 0.717) is 17.1 Å². The third-order valence-electron chi connectivity index (χ3n) is 2.77. The Morgan fingerprint density at radius 2 is 2.21 bits per heavy atom. The van der Waals surface area contributed by atoms with Gasteiger partial charge >= 0.3 is 0 Å². The number of aromatic nitrogens is 3. The zero-order valence-electron chi connectivity index (χ0n) is 10.8. The molecule has 6 heteroatoms. The van der Waals surface area contributed by atoms with Crippen molar-refractivity contribution < 1.29 is 4.79 Å². The summed E-state index contributed by atoms with van der Waals surface area (Å²) >= 11 is 3.32. The van der Waals surface area contributed by atoms with E-state index in [2.05, 4.69) is 26.0 Å². The van der Waals surface area contributed by atoms with E-state index in [4.69, 9.17) is 5.73 Å². The normalized spacial score (nSPS) is 10.9. The van der Waals surface area contributed by atoms with Crippen molar-refractivity contribution in [1.82, 2.24) is 14.8 Å². The largest absolute Gasteiger partial charge is 0.398 e. The molecule has 0 unspecified atom stereocenters. The minimum atomic E-state index is -0.0556. The summed E-state index contributed by atoms with van der Waals surface area (Å²) < 4.78 is 2.60. The molecule has 100 valence electrons. The highest BCUT2D eigenvalue weighted by molar-refractivity contribution is 9.10. The Morgan fingerprint density at radius 3 is 2.84 bits per heavy atom. The van der Waals surface area contributed by atoms with Crippen molar-refractivity contribution in [3.05, 3.63) is 40.4 Å². The lowest BCUT2D eigenvalue weighted by Gasteiger charge is -2.09. The molecule has 1 aromatic heterocycles. The van der Waals surface area contributed by atoms with Crippen LogP contribution in [0.4, 0.5) is 5.69 Å². The summed E-state index contributed by atoms with van der Waals surface area (Å²) in [5.74, 6) is 0.599. The fraction of sp³-hybridized carbons (Fsp3) is 0.308. The lowest BCUT2D eigenvalue weighted by Crippen LogP contribution is -2.14. The van der Waals surface area contributed by atoms with E-state index < -0.39 is 0 Å². The van der Waals surface area contributed by atoms with Crippen molar-refractivity contribution in [3.63, 3.8) is 0 Å². The Labute approximate surface area is 120 Å². The highest BCUT2D eigenvalue weighted by atomic mass is 79.9. The molecule has 2 rings (SSSR count). The smallest absolute Gasteiger partial charge is 0.172 e. The third kappa shape index (κ3) is 3.01. The first kappa shape index (κ1) is 13.7. The van der Waals surface area contributed by atoms with E-state index in [-0.39, 0.29) is 18.2 Å². The van der Waals surface area contributed by atoms with Gasteiger partial charge in [0.25, 0.3) is 0 Å². The topological polar surface area (TPSA) is 73.8 Å².